The summed E-state index contributed by atoms with van der Waals surface area (Å²) in [6.45, 7) is 16.6. The Balaban J connectivity index is 1.38. The van der Waals surface area contributed by atoms with Crippen molar-refractivity contribution >= 4 is 35.4 Å². The van der Waals surface area contributed by atoms with Gasteiger partial charge in [0.25, 0.3) is 0 Å². The van der Waals surface area contributed by atoms with Crippen LogP contribution in [-0.4, -0.2) is 145 Å². The first kappa shape index (κ1) is 65.3. The summed E-state index contributed by atoms with van der Waals surface area (Å²) in [6, 6.07) is 6.44. The summed E-state index contributed by atoms with van der Waals surface area (Å²) >= 11 is 0. The van der Waals surface area contributed by atoms with Crippen molar-refractivity contribution in [2.24, 2.45) is 10.8 Å². The zero-order valence-corrected chi connectivity index (χ0v) is 47.7. The Hall–Kier alpha value is -5.24. The molecule has 0 aliphatic carbocycles. The number of rotatable bonds is 27. The van der Waals surface area contributed by atoms with Crippen molar-refractivity contribution in [2.45, 2.75) is 194 Å². The molecule has 0 aromatic heterocycles. The molecule has 2 aromatic rings. The lowest BCUT2D eigenvalue weighted by molar-refractivity contribution is -0.142. The van der Waals surface area contributed by atoms with Gasteiger partial charge in [-0.05, 0) is 126 Å². The molecule has 6 atom stereocenters. The maximum atomic E-state index is 14.2. The van der Waals surface area contributed by atoms with Crippen molar-refractivity contribution in [2.75, 3.05) is 53.4 Å². The smallest absolute Gasteiger partial charge is 0.342 e. The number of unbranched alkanes of at least 4 members (excludes halogenated alkanes) is 5. The summed E-state index contributed by atoms with van der Waals surface area (Å²) in [6.07, 6.45) is -1.01. The van der Waals surface area contributed by atoms with Crippen LogP contribution < -0.4 is 21.3 Å². The minimum atomic E-state index is -4.48. The lowest BCUT2D eigenvalue weighted by atomic mass is 9.85. The third-order valence-corrected chi connectivity index (χ3v) is 15.3. The zero-order chi connectivity index (χ0) is 58.2. The van der Waals surface area contributed by atoms with Crippen LogP contribution in [0.1, 0.15) is 155 Å². The number of nitrogens with zero attached hydrogens (tertiary/aromatic N) is 4. The predicted molar refractivity (Wildman–Crippen MR) is 290 cm³/mol. The average molecular weight is 1110 g/mol. The molecule has 2 fully saturated rings. The molecular weight excluding hydrogens is 1020 g/mol. The van der Waals surface area contributed by atoms with Gasteiger partial charge in [0, 0.05) is 64.2 Å². The van der Waals surface area contributed by atoms with Gasteiger partial charge in [-0.25, -0.2) is 0 Å². The van der Waals surface area contributed by atoms with E-state index in [0.717, 1.165) is 49.9 Å². The summed E-state index contributed by atoms with van der Waals surface area (Å²) in [5, 5.41) is 11.7. The Morgan fingerprint density at radius 1 is 0.538 bits per heavy atom. The summed E-state index contributed by atoms with van der Waals surface area (Å²) in [5.41, 5.74) is -1.49. The molecule has 4 rings (SSSR count). The van der Waals surface area contributed by atoms with Gasteiger partial charge in [0.05, 0.1) is 23.2 Å². The first-order chi connectivity index (χ1) is 36.5. The van der Waals surface area contributed by atoms with Crippen molar-refractivity contribution in [3.05, 3.63) is 70.8 Å². The van der Waals surface area contributed by atoms with Crippen LogP contribution in [0.4, 0.5) is 26.3 Å². The largest absolute Gasteiger partial charge is 0.416 e. The number of likely N-dealkylation sites (N-methyl/N-ethyl adjacent to an activating group) is 2. The number of likely N-dealkylation sites (tertiary alicyclic amines) is 2. The molecule has 4 N–H and O–H groups in total. The minimum Gasteiger partial charge on any atom is -0.342 e. The fraction of sp³-hybridized carbons (Fsp3) is 0.690. The molecule has 0 saturated carbocycles. The van der Waals surface area contributed by atoms with Gasteiger partial charge in [-0.1, -0.05) is 91.5 Å². The summed E-state index contributed by atoms with van der Waals surface area (Å²) in [7, 11) is 3.32. The van der Waals surface area contributed by atoms with E-state index in [0.29, 0.717) is 75.6 Å². The van der Waals surface area contributed by atoms with Crippen molar-refractivity contribution in [3.8, 4) is 0 Å². The van der Waals surface area contributed by atoms with Gasteiger partial charge in [-0.2, -0.15) is 26.3 Å². The van der Waals surface area contributed by atoms with Gasteiger partial charge in [-0.3, -0.25) is 28.8 Å². The third-order valence-electron chi connectivity index (χ3n) is 15.3. The van der Waals surface area contributed by atoms with E-state index >= 15 is 0 Å². The Labute approximate surface area is 458 Å². The highest BCUT2D eigenvalue weighted by atomic mass is 19.4. The second-order valence-corrected chi connectivity index (χ2v) is 23.5. The lowest BCUT2D eigenvalue weighted by Gasteiger charge is -2.37. The zero-order valence-electron chi connectivity index (χ0n) is 47.7. The van der Waals surface area contributed by atoms with Gasteiger partial charge in [0.15, 0.2) is 0 Å². The van der Waals surface area contributed by atoms with E-state index in [1.165, 1.54) is 24.3 Å². The van der Waals surface area contributed by atoms with Crippen molar-refractivity contribution in [1.82, 2.24) is 40.9 Å². The summed E-state index contributed by atoms with van der Waals surface area (Å²) in [4.78, 5) is 89.4. The van der Waals surface area contributed by atoms with E-state index in [1.807, 2.05) is 41.5 Å². The highest BCUT2D eigenvalue weighted by Crippen LogP contribution is 2.32. The number of benzene rings is 2. The van der Waals surface area contributed by atoms with Gasteiger partial charge in [-0.15, -0.1) is 0 Å². The molecule has 0 unspecified atom stereocenters. The van der Waals surface area contributed by atoms with Crippen molar-refractivity contribution in [3.63, 3.8) is 0 Å². The number of carbonyl (C=O) groups is 6. The van der Waals surface area contributed by atoms with Crippen LogP contribution in [0.15, 0.2) is 48.5 Å². The molecule has 2 heterocycles. The molecular formula is C58H88F6N8O6. The fourth-order valence-electron chi connectivity index (χ4n) is 10.0. The third kappa shape index (κ3) is 19.8. The van der Waals surface area contributed by atoms with Crippen LogP contribution >= 0.6 is 0 Å². The fourth-order valence-corrected chi connectivity index (χ4v) is 10.0. The molecule has 14 nitrogen and oxygen atoms in total. The van der Waals surface area contributed by atoms with Crippen LogP contribution in [0.3, 0.4) is 0 Å². The molecule has 2 saturated heterocycles. The first-order valence-electron chi connectivity index (χ1n) is 27.9. The number of amides is 6. The molecule has 0 bridgehead atoms. The maximum Gasteiger partial charge on any atom is 0.416 e. The van der Waals surface area contributed by atoms with Crippen LogP contribution in [0, 0.1) is 10.8 Å². The molecule has 0 radical (unpaired) electrons. The van der Waals surface area contributed by atoms with E-state index in [4.69, 9.17) is 0 Å². The average Bonchev–Trinajstić information content (AvgIpc) is 4.06. The molecule has 438 valence electrons. The van der Waals surface area contributed by atoms with Gasteiger partial charge in [0.1, 0.15) is 12.1 Å². The highest BCUT2D eigenvalue weighted by molar-refractivity contribution is 5.91. The minimum absolute atomic E-state index is 0.128. The van der Waals surface area contributed by atoms with Crippen LogP contribution in [0.25, 0.3) is 0 Å². The molecule has 78 heavy (non-hydrogen) atoms. The van der Waals surface area contributed by atoms with E-state index in [9.17, 15) is 55.1 Å². The second-order valence-electron chi connectivity index (χ2n) is 23.5. The van der Waals surface area contributed by atoms with Crippen LogP contribution in [0.2, 0.25) is 0 Å². The van der Waals surface area contributed by atoms with Gasteiger partial charge >= 0.3 is 12.4 Å². The SMILES string of the molecule is CN[C@@H](C)C(=O)N[C@H](C(=O)N1CCC[C@H]1CN(CCc1ccc(C(F)(F)F)cc1)C(=O)CCCCCCCCC(=O)N(CCc1ccc(C(F)(F)F)cc1)C[C@@H]1CCCN1C(=O)[C@@H](NC(=O)[C@H](C)NC)C(C)(C)C)C(C)(C)C. The Bertz CT molecular complexity index is 2110. The number of hydrogen-bond donors (Lipinski definition) is 4. The number of halogens is 6. The van der Waals surface area contributed by atoms with Crippen LogP contribution in [-0.2, 0) is 54.0 Å². The number of hydrogen-bond acceptors (Lipinski definition) is 8. The standard InChI is InChI=1S/C58H88F6N8O6/c1-39(65-9)51(75)67-49(55(3,4)5)53(77)71-33-17-19-45(71)37-69(35-31-41-23-27-43(28-24-41)57(59,60)61)47(73)21-15-13-11-12-14-16-22-48(74)70(36-32-42-25-29-44(30-26-42)58(62,63)64)38-46-20-18-34-72(46)54(78)50(56(6,7)8)68-52(76)40(2)66-10/h23-30,39-40,45-46,49-50,65-66H,11-22,31-38H2,1-10H3,(H,67,75)(H,68,76)/t39-,40-,45-,46-,49+,50+/m0/s1. The van der Waals surface area contributed by atoms with E-state index in [2.05, 4.69) is 21.3 Å². The molecule has 0 spiro atoms. The molecule has 2 aromatic carbocycles. The Morgan fingerprint density at radius 3 is 1.15 bits per heavy atom. The number of nitrogens with one attached hydrogen (secondary N) is 4. The van der Waals surface area contributed by atoms with Crippen LogP contribution in [0.5, 0.6) is 0 Å². The van der Waals surface area contributed by atoms with E-state index in [1.54, 1.807) is 47.5 Å². The first-order valence-corrected chi connectivity index (χ1v) is 27.9. The van der Waals surface area contributed by atoms with Gasteiger partial charge in [0.2, 0.25) is 35.4 Å². The Kier molecular flexibility index (Phi) is 24.5. The molecule has 20 heteroatoms. The summed E-state index contributed by atoms with van der Waals surface area (Å²) in [5.74, 6) is -1.34. The van der Waals surface area contributed by atoms with Gasteiger partial charge < -0.3 is 40.9 Å². The summed E-state index contributed by atoms with van der Waals surface area (Å²) < 4.78 is 80.1. The predicted octanol–water partition coefficient (Wildman–Crippen LogP) is 8.55. The maximum absolute atomic E-state index is 14.2. The molecule has 6 amide bonds. The van der Waals surface area contributed by atoms with E-state index < -0.39 is 58.5 Å². The number of carbonyl (C=O) groups excluding carboxylic acids is 6. The van der Waals surface area contributed by atoms with E-state index in [-0.39, 0.29) is 86.5 Å². The quantitative estimate of drug-likeness (QED) is 0.0511. The highest BCUT2D eigenvalue weighted by Gasteiger charge is 2.43. The molecule has 2 aliphatic rings. The Morgan fingerprint density at radius 2 is 0.859 bits per heavy atom. The molecule has 2 aliphatic heterocycles. The monoisotopic (exact) mass is 1110 g/mol. The normalized spacial score (nSPS) is 17.8. The topological polar surface area (TPSA) is 163 Å². The number of alkyl halides is 6. The second kappa shape index (κ2) is 29.3. The van der Waals surface area contributed by atoms with Crippen molar-refractivity contribution in [1.29, 1.82) is 0 Å². The van der Waals surface area contributed by atoms with Crippen molar-refractivity contribution < 1.29 is 55.1 Å². The lowest BCUT2D eigenvalue weighted by Crippen LogP contribution is -2.59.